The summed E-state index contributed by atoms with van der Waals surface area (Å²) in [6.07, 6.45) is -0.303. The normalized spacial score (nSPS) is 19.2. The summed E-state index contributed by atoms with van der Waals surface area (Å²) in [6.45, 7) is 1.90. The molecule has 5 rings (SSSR count). The molecule has 196 valence electrons. The quantitative estimate of drug-likeness (QED) is 0.297. The van der Waals surface area contributed by atoms with Crippen LogP contribution in [0.3, 0.4) is 0 Å². The largest absolute Gasteiger partial charge is 0.462 e. The molecule has 0 bridgehead atoms. The van der Waals surface area contributed by atoms with E-state index in [0.29, 0.717) is 17.0 Å². The van der Waals surface area contributed by atoms with Gasteiger partial charge in [-0.1, -0.05) is 36.8 Å². The van der Waals surface area contributed by atoms with Gasteiger partial charge in [0.15, 0.2) is 11.7 Å². The summed E-state index contributed by atoms with van der Waals surface area (Å²) in [5.74, 6) is -1.08. The average molecular weight is 533 g/mol. The van der Waals surface area contributed by atoms with Crippen LogP contribution in [0.15, 0.2) is 36.4 Å². The average Bonchev–Trinajstić information content (AvgIpc) is 3.37. The van der Waals surface area contributed by atoms with Crippen LogP contribution in [-0.4, -0.2) is 34.4 Å². The van der Waals surface area contributed by atoms with Crippen molar-refractivity contribution in [2.24, 2.45) is 0 Å². The fraction of sp³-hybridized carbons (Fsp3) is 0.423. The molecule has 1 amide bonds. The van der Waals surface area contributed by atoms with Gasteiger partial charge < -0.3 is 15.4 Å². The number of fused-ring (bicyclic) bond motifs is 2. The molecule has 1 aromatic carbocycles. The highest BCUT2D eigenvalue weighted by Gasteiger charge is 2.47. The molecule has 3 aromatic rings. The zero-order valence-electron chi connectivity index (χ0n) is 20.2. The van der Waals surface area contributed by atoms with Crippen LogP contribution in [0.2, 0.25) is 0 Å². The number of hydrogen-bond donors (Lipinski definition) is 2. The van der Waals surface area contributed by atoms with Crippen molar-refractivity contribution in [1.29, 1.82) is 0 Å². The molecule has 0 fully saturated rings. The summed E-state index contributed by atoms with van der Waals surface area (Å²) < 4.78 is 48.1. The SMILES string of the molecule is CCOC(=O)c1c(NC(=O)c2cc3n(n2)[C@H](C(F)(F)F)C[C@H](c2ccccc2)N3)sc2c1CCCCC2. The van der Waals surface area contributed by atoms with Crippen LogP contribution in [0.1, 0.15) is 81.5 Å². The van der Waals surface area contributed by atoms with Gasteiger partial charge in [0.05, 0.1) is 18.2 Å². The molecule has 11 heteroatoms. The summed E-state index contributed by atoms with van der Waals surface area (Å²) in [6, 6.07) is 7.73. The highest BCUT2D eigenvalue weighted by Crippen LogP contribution is 2.44. The minimum atomic E-state index is -4.55. The third kappa shape index (κ3) is 5.09. The van der Waals surface area contributed by atoms with Crippen molar-refractivity contribution >= 4 is 34.0 Å². The molecule has 7 nitrogen and oxygen atoms in total. The molecular weight excluding hydrogens is 505 g/mol. The molecule has 0 unspecified atom stereocenters. The maximum Gasteiger partial charge on any atom is 0.410 e. The summed E-state index contributed by atoms with van der Waals surface area (Å²) in [5.41, 5.74) is 1.79. The molecule has 0 spiro atoms. The molecular formula is C26H27F3N4O3S. The van der Waals surface area contributed by atoms with Crippen LogP contribution in [0, 0.1) is 0 Å². The van der Waals surface area contributed by atoms with Gasteiger partial charge in [-0.3, -0.25) is 4.79 Å². The second kappa shape index (κ2) is 10.2. The van der Waals surface area contributed by atoms with E-state index in [4.69, 9.17) is 4.74 Å². The first-order chi connectivity index (χ1) is 17.8. The number of nitrogens with one attached hydrogen (secondary N) is 2. The predicted molar refractivity (Wildman–Crippen MR) is 134 cm³/mol. The molecule has 3 heterocycles. The number of thiophene rings is 1. The Bertz CT molecular complexity index is 1300. The third-order valence-corrected chi connectivity index (χ3v) is 7.96. The van der Waals surface area contributed by atoms with Crippen LogP contribution in [0.25, 0.3) is 0 Å². The lowest BCUT2D eigenvalue weighted by Crippen LogP contribution is -2.35. The summed E-state index contributed by atoms with van der Waals surface area (Å²) in [5, 5.41) is 10.2. The number of ether oxygens (including phenoxy) is 1. The molecule has 1 aliphatic carbocycles. The lowest BCUT2D eigenvalue weighted by Gasteiger charge is -2.33. The number of aromatic nitrogens is 2. The monoisotopic (exact) mass is 532 g/mol. The number of carbonyl (C=O) groups is 2. The van der Waals surface area contributed by atoms with E-state index in [1.54, 1.807) is 37.3 Å². The molecule has 1 aliphatic heterocycles. The van der Waals surface area contributed by atoms with Gasteiger partial charge in [-0.25, -0.2) is 9.48 Å². The Hall–Kier alpha value is -3.34. The Labute approximate surface area is 216 Å². The van der Waals surface area contributed by atoms with Gasteiger partial charge >= 0.3 is 12.1 Å². The van der Waals surface area contributed by atoms with E-state index in [0.717, 1.165) is 46.4 Å². The van der Waals surface area contributed by atoms with Gasteiger partial charge in [0.25, 0.3) is 5.91 Å². The summed E-state index contributed by atoms with van der Waals surface area (Å²) in [4.78, 5) is 27.0. The standard InChI is InChI=1S/C26H27F3N4O3S/c1-2-36-25(35)22-16-11-7-4-8-12-19(16)37-24(22)31-23(34)18-14-21-30-17(15-9-5-3-6-10-15)13-20(26(27,28)29)33(21)32-18/h3,5-6,9-10,14,17,20,30H,2,4,7-8,11-13H2,1H3,(H,31,34)/t17-,20+/m1/s1. The van der Waals surface area contributed by atoms with Crippen LogP contribution < -0.4 is 10.6 Å². The highest BCUT2D eigenvalue weighted by molar-refractivity contribution is 7.17. The van der Waals surface area contributed by atoms with Crippen molar-refractivity contribution in [2.75, 3.05) is 17.2 Å². The number of benzene rings is 1. The van der Waals surface area contributed by atoms with Crippen molar-refractivity contribution < 1.29 is 27.5 Å². The maximum absolute atomic E-state index is 14.0. The third-order valence-electron chi connectivity index (χ3n) is 6.75. The van der Waals surface area contributed by atoms with Crippen LogP contribution in [-0.2, 0) is 17.6 Å². The number of carbonyl (C=O) groups excluding carboxylic acids is 2. The van der Waals surface area contributed by atoms with E-state index in [1.165, 1.54) is 17.4 Å². The van der Waals surface area contributed by atoms with Gasteiger partial charge in [0.2, 0.25) is 0 Å². The predicted octanol–water partition coefficient (Wildman–Crippen LogP) is 6.30. The Morgan fingerprint density at radius 2 is 1.95 bits per heavy atom. The fourth-order valence-corrected chi connectivity index (χ4v) is 6.28. The van der Waals surface area contributed by atoms with E-state index in [-0.39, 0.29) is 24.5 Å². The molecule has 0 saturated heterocycles. The molecule has 2 aliphatic rings. The number of halogens is 3. The Morgan fingerprint density at radius 1 is 1.19 bits per heavy atom. The minimum Gasteiger partial charge on any atom is -0.462 e. The maximum atomic E-state index is 14.0. The summed E-state index contributed by atoms with van der Waals surface area (Å²) >= 11 is 1.33. The van der Waals surface area contributed by atoms with E-state index >= 15 is 0 Å². The van der Waals surface area contributed by atoms with Crippen molar-refractivity contribution in [3.8, 4) is 0 Å². The van der Waals surface area contributed by atoms with Crippen molar-refractivity contribution in [1.82, 2.24) is 9.78 Å². The Morgan fingerprint density at radius 3 is 2.68 bits per heavy atom. The number of anilines is 2. The minimum absolute atomic E-state index is 0.111. The van der Waals surface area contributed by atoms with Gasteiger partial charge in [-0.05, 0) is 43.7 Å². The zero-order valence-corrected chi connectivity index (χ0v) is 21.0. The molecule has 0 radical (unpaired) electrons. The van der Waals surface area contributed by atoms with Gasteiger partial charge in [-0.15, -0.1) is 11.3 Å². The number of rotatable bonds is 5. The van der Waals surface area contributed by atoms with E-state index in [9.17, 15) is 22.8 Å². The molecule has 0 saturated carbocycles. The van der Waals surface area contributed by atoms with Crippen molar-refractivity contribution in [3.05, 3.63) is 63.7 Å². The molecule has 2 N–H and O–H groups in total. The first-order valence-electron chi connectivity index (χ1n) is 12.4. The van der Waals surface area contributed by atoms with E-state index in [2.05, 4.69) is 15.7 Å². The Balaban J connectivity index is 1.46. The van der Waals surface area contributed by atoms with Gasteiger partial charge in [0.1, 0.15) is 10.8 Å². The number of nitrogens with zero attached hydrogens (tertiary/aromatic N) is 2. The zero-order chi connectivity index (χ0) is 26.2. The lowest BCUT2D eigenvalue weighted by molar-refractivity contribution is -0.173. The fourth-order valence-electron chi connectivity index (χ4n) is 5.01. The van der Waals surface area contributed by atoms with Gasteiger partial charge in [0, 0.05) is 17.4 Å². The van der Waals surface area contributed by atoms with Crippen molar-refractivity contribution in [2.45, 2.75) is 63.7 Å². The number of aryl methyl sites for hydroxylation is 1. The molecule has 37 heavy (non-hydrogen) atoms. The number of amides is 1. The topological polar surface area (TPSA) is 85.2 Å². The van der Waals surface area contributed by atoms with E-state index < -0.39 is 30.1 Å². The summed E-state index contributed by atoms with van der Waals surface area (Å²) in [7, 11) is 0. The van der Waals surface area contributed by atoms with Crippen LogP contribution >= 0.6 is 11.3 Å². The van der Waals surface area contributed by atoms with Crippen LogP contribution in [0.5, 0.6) is 0 Å². The van der Waals surface area contributed by atoms with Crippen molar-refractivity contribution in [3.63, 3.8) is 0 Å². The second-order valence-corrected chi connectivity index (χ2v) is 10.3. The van der Waals surface area contributed by atoms with Gasteiger partial charge in [-0.2, -0.15) is 18.3 Å². The highest BCUT2D eigenvalue weighted by atomic mass is 32.1. The smallest absolute Gasteiger partial charge is 0.410 e. The number of alkyl halides is 3. The molecule has 2 atom stereocenters. The first-order valence-corrected chi connectivity index (χ1v) is 13.2. The lowest BCUT2D eigenvalue weighted by atomic mass is 9.97. The number of hydrogen-bond acceptors (Lipinski definition) is 6. The number of esters is 1. The Kier molecular flexibility index (Phi) is 6.98. The second-order valence-electron chi connectivity index (χ2n) is 9.20. The van der Waals surface area contributed by atoms with E-state index in [1.807, 2.05) is 0 Å². The van der Waals surface area contributed by atoms with Crippen LogP contribution in [0.4, 0.5) is 24.0 Å². The first kappa shape index (κ1) is 25.3. The molecule has 2 aromatic heterocycles.